The van der Waals surface area contributed by atoms with Crippen molar-refractivity contribution in [1.82, 2.24) is 14.7 Å². The van der Waals surface area contributed by atoms with Crippen LogP contribution in [0.15, 0.2) is 36.7 Å². The lowest BCUT2D eigenvalue weighted by Crippen LogP contribution is -2.30. The van der Waals surface area contributed by atoms with E-state index in [1.165, 1.54) is 0 Å². The van der Waals surface area contributed by atoms with E-state index in [0.29, 0.717) is 18.7 Å². The minimum absolute atomic E-state index is 0.0111. The van der Waals surface area contributed by atoms with Crippen LogP contribution in [0.1, 0.15) is 29.3 Å². The zero-order chi connectivity index (χ0) is 15.7. The molecule has 0 aliphatic carbocycles. The summed E-state index contributed by atoms with van der Waals surface area (Å²) in [6, 6.07) is 7.94. The van der Waals surface area contributed by atoms with Crippen LogP contribution in [0.25, 0.3) is 5.69 Å². The number of carbonyl (C=O) groups is 1. The lowest BCUT2D eigenvalue weighted by Gasteiger charge is -2.16. The van der Waals surface area contributed by atoms with E-state index in [-0.39, 0.29) is 17.9 Å². The molecule has 0 radical (unpaired) electrons. The first-order valence-corrected chi connectivity index (χ1v) is 7.64. The van der Waals surface area contributed by atoms with Crippen LogP contribution < -0.4 is 0 Å². The molecule has 1 fully saturated rings. The van der Waals surface area contributed by atoms with Gasteiger partial charge >= 0.3 is 0 Å². The Hall–Kier alpha value is -2.14. The van der Waals surface area contributed by atoms with Crippen LogP contribution in [-0.4, -0.2) is 44.9 Å². The molecule has 1 aromatic heterocycles. The van der Waals surface area contributed by atoms with Crippen molar-refractivity contribution >= 4 is 5.91 Å². The first-order chi connectivity index (χ1) is 10.6. The van der Waals surface area contributed by atoms with Crippen LogP contribution in [0.4, 0.5) is 0 Å². The topological polar surface area (TPSA) is 58.4 Å². The minimum atomic E-state index is -0.368. The number of amides is 1. The predicted molar refractivity (Wildman–Crippen MR) is 84.0 cm³/mol. The molecule has 1 aliphatic heterocycles. The van der Waals surface area contributed by atoms with Gasteiger partial charge in [0.05, 0.1) is 23.6 Å². The molecule has 1 aromatic carbocycles. The molecule has 22 heavy (non-hydrogen) atoms. The summed E-state index contributed by atoms with van der Waals surface area (Å²) in [6.45, 7) is 5.12. The van der Waals surface area contributed by atoms with E-state index in [9.17, 15) is 9.90 Å². The first kappa shape index (κ1) is 14.8. The zero-order valence-corrected chi connectivity index (χ0v) is 12.9. The number of carbonyl (C=O) groups excluding carboxylic acids is 1. The van der Waals surface area contributed by atoms with Gasteiger partial charge in [-0.2, -0.15) is 5.10 Å². The number of aromatic nitrogens is 2. The summed E-state index contributed by atoms with van der Waals surface area (Å²) in [5.41, 5.74) is 2.68. The highest BCUT2D eigenvalue weighted by atomic mass is 16.3. The Morgan fingerprint density at radius 2 is 2.18 bits per heavy atom. The van der Waals surface area contributed by atoms with Crippen molar-refractivity contribution in [2.24, 2.45) is 5.92 Å². The summed E-state index contributed by atoms with van der Waals surface area (Å²) in [5, 5.41) is 14.0. The van der Waals surface area contributed by atoms with Crippen molar-refractivity contribution in [3.63, 3.8) is 0 Å². The number of aryl methyl sites for hydroxylation is 1. The molecule has 2 unspecified atom stereocenters. The molecular formula is C17H21N3O2. The molecule has 1 amide bonds. The summed E-state index contributed by atoms with van der Waals surface area (Å²) >= 11 is 0. The maximum Gasteiger partial charge on any atom is 0.257 e. The van der Waals surface area contributed by atoms with Crippen molar-refractivity contribution in [3.05, 3.63) is 47.8 Å². The molecule has 5 nitrogen and oxygen atoms in total. The van der Waals surface area contributed by atoms with E-state index < -0.39 is 0 Å². The van der Waals surface area contributed by atoms with Crippen molar-refractivity contribution in [2.45, 2.75) is 26.4 Å². The van der Waals surface area contributed by atoms with Gasteiger partial charge in [-0.1, -0.05) is 18.2 Å². The smallest absolute Gasteiger partial charge is 0.257 e. The Morgan fingerprint density at radius 1 is 1.41 bits per heavy atom. The second-order valence-electron chi connectivity index (χ2n) is 6.00. The number of aliphatic hydroxyl groups is 1. The molecule has 2 atom stereocenters. The largest absolute Gasteiger partial charge is 0.393 e. The molecule has 2 heterocycles. The highest BCUT2D eigenvalue weighted by Crippen LogP contribution is 2.22. The summed E-state index contributed by atoms with van der Waals surface area (Å²) in [6.07, 6.45) is 3.88. The fourth-order valence-corrected chi connectivity index (χ4v) is 2.93. The van der Waals surface area contributed by atoms with Crippen molar-refractivity contribution in [3.8, 4) is 5.69 Å². The van der Waals surface area contributed by atoms with Crippen LogP contribution >= 0.6 is 0 Å². The number of benzene rings is 1. The number of likely N-dealkylation sites (tertiary alicyclic amines) is 1. The lowest BCUT2D eigenvalue weighted by atomic mass is 10.0. The molecular weight excluding hydrogens is 278 g/mol. The number of nitrogens with zero attached hydrogens (tertiary/aromatic N) is 3. The minimum Gasteiger partial charge on any atom is -0.393 e. The van der Waals surface area contributed by atoms with Gasteiger partial charge in [-0.3, -0.25) is 4.79 Å². The molecule has 0 spiro atoms. The Morgan fingerprint density at radius 3 is 2.86 bits per heavy atom. The summed E-state index contributed by atoms with van der Waals surface area (Å²) in [4.78, 5) is 14.3. The van der Waals surface area contributed by atoms with E-state index in [4.69, 9.17) is 0 Å². The van der Waals surface area contributed by atoms with Gasteiger partial charge in [-0.05, 0) is 31.9 Å². The zero-order valence-electron chi connectivity index (χ0n) is 12.9. The van der Waals surface area contributed by atoms with Crippen LogP contribution in [0, 0.1) is 12.8 Å². The van der Waals surface area contributed by atoms with Gasteiger partial charge in [0.1, 0.15) is 0 Å². The van der Waals surface area contributed by atoms with Gasteiger partial charge in [0.2, 0.25) is 0 Å². The van der Waals surface area contributed by atoms with E-state index in [1.807, 2.05) is 31.2 Å². The van der Waals surface area contributed by atoms with Gasteiger partial charge < -0.3 is 10.0 Å². The fraction of sp³-hybridized carbons (Fsp3) is 0.412. The van der Waals surface area contributed by atoms with Crippen LogP contribution in [0.3, 0.4) is 0 Å². The molecule has 1 saturated heterocycles. The number of hydrogen-bond donors (Lipinski definition) is 1. The van der Waals surface area contributed by atoms with Gasteiger partial charge in [0, 0.05) is 25.2 Å². The Bertz CT molecular complexity index is 678. The number of rotatable bonds is 3. The number of hydrogen-bond acceptors (Lipinski definition) is 3. The molecule has 116 valence electrons. The summed E-state index contributed by atoms with van der Waals surface area (Å²) in [5.74, 6) is 0.165. The quantitative estimate of drug-likeness (QED) is 0.943. The van der Waals surface area contributed by atoms with Gasteiger partial charge in [0.15, 0.2) is 0 Å². The maximum atomic E-state index is 12.5. The van der Waals surface area contributed by atoms with E-state index in [1.54, 1.807) is 28.9 Å². The monoisotopic (exact) mass is 299 g/mol. The Kier molecular flexibility index (Phi) is 3.98. The van der Waals surface area contributed by atoms with E-state index in [2.05, 4.69) is 5.10 Å². The van der Waals surface area contributed by atoms with Crippen LogP contribution in [0.2, 0.25) is 0 Å². The normalized spacial score (nSPS) is 19.4. The predicted octanol–water partition coefficient (Wildman–Crippen LogP) is 2.02. The average molecular weight is 299 g/mol. The highest BCUT2D eigenvalue weighted by molar-refractivity contribution is 5.94. The second-order valence-corrected chi connectivity index (χ2v) is 6.00. The molecule has 5 heteroatoms. The maximum absolute atomic E-state index is 12.5. The van der Waals surface area contributed by atoms with Gasteiger partial charge in [-0.25, -0.2) is 4.68 Å². The average Bonchev–Trinajstić information content (AvgIpc) is 3.17. The highest BCUT2D eigenvalue weighted by Gasteiger charge is 2.30. The van der Waals surface area contributed by atoms with E-state index >= 15 is 0 Å². The van der Waals surface area contributed by atoms with Gasteiger partial charge in [-0.15, -0.1) is 0 Å². The Balaban J connectivity index is 1.77. The molecule has 1 aliphatic rings. The molecule has 2 aromatic rings. The van der Waals surface area contributed by atoms with Crippen molar-refractivity contribution < 1.29 is 9.90 Å². The summed E-state index contributed by atoms with van der Waals surface area (Å²) < 4.78 is 1.74. The molecule has 0 bridgehead atoms. The molecule has 3 rings (SSSR count). The van der Waals surface area contributed by atoms with Crippen molar-refractivity contribution in [1.29, 1.82) is 0 Å². The molecule has 1 N–H and O–H groups in total. The molecule has 0 saturated carbocycles. The third-order valence-electron chi connectivity index (χ3n) is 4.39. The van der Waals surface area contributed by atoms with Crippen LogP contribution in [-0.2, 0) is 0 Å². The van der Waals surface area contributed by atoms with Gasteiger partial charge in [0.25, 0.3) is 5.91 Å². The number of aliphatic hydroxyl groups excluding tert-OH is 1. The standard InChI is InChI=1S/C17H21N3O2/c1-12-5-3-4-6-16(12)20-11-15(9-18-20)17(22)19-8-7-14(10-19)13(2)21/h3-6,9,11,13-14,21H,7-8,10H2,1-2H3. The van der Waals surface area contributed by atoms with E-state index in [0.717, 1.165) is 17.7 Å². The third kappa shape index (κ3) is 2.76. The fourth-order valence-electron chi connectivity index (χ4n) is 2.93. The SMILES string of the molecule is Cc1ccccc1-n1cc(C(=O)N2CCC(C(C)O)C2)cn1. The number of para-hydroxylation sites is 1. The Labute approximate surface area is 130 Å². The van der Waals surface area contributed by atoms with Crippen LogP contribution in [0.5, 0.6) is 0 Å². The lowest BCUT2D eigenvalue weighted by molar-refractivity contribution is 0.0762. The second kappa shape index (κ2) is 5.93. The third-order valence-corrected chi connectivity index (χ3v) is 4.39. The first-order valence-electron chi connectivity index (χ1n) is 7.64. The van der Waals surface area contributed by atoms with Crippen molar-refractivity contribution in [2.75, 3.05) is 13.1 Å². The summed E-state index contributed by atoms with van der Waals surface area (Å²) in [7, 11) is 0.